The van der Waals surface area contributed by atoms with Gasteiger partial charge >= 0.3 is 0 Å². The van der Waals surface area contributed by atoms with E-state index in [1.165, 1.54) is 10.5 Å². The molecular formula is C21H25N5O2. The summed E-state index contributed by atoms with van der Waals surface area (Å²) >= 11 is 0. The number of anilines is 1. The maximum absolute atomic E-state index is 12.0. The zero-order chi connectivity index (χ0) is 20.1. The van der Waals surface area contributed by atoms with Gasteiger partial charge in [0.25, 0.3) is 5.91 Å². The molecule has 146 valence electrons. The van der Waals surface area contributed by atoms with Gasteiger partial charge in [-0.05, 0) is 29.7 Å². The first-order chi connectivity index (χ1) is 13.5. The second kappa shape index (κ2) is 8.72. The highest BCUT2D eigenvalue weighted by Crippen LogP contribution is 2.27. The van der Waals surface area contributed by atoms with E-state index in [0.717, 1.165) is 12.2 Å². The molecule has 1 amide bonds. The molecule has 0 aliphatic carbocycles. The number of carbonyl (C=O) groups excluding carboxylic acids is 1. The second-order valence-electron chi connectivity index (χ2n) is 7.19. The monoisotopic (exact) mass is 379 g/mol. The molecule has 2 unspecified atom stereocenters. The number of hydrogen-bond acceptors (Lipinski definition) is 6. The average Bonchev–Trinajstić information content (AvgIpc) is 2.72. The van der Waals surface area contributed by atoms with Crippen molar-refractivity contribution in [2.75, 3.05) is 39.0 Å². The van der Waals surface area contributed by atoms with Gasteiger partial charge in [-0.2, -0.15) is 5.26 Å². The van der Waals surface area contributed by atoms with Gasteiger partial charge < -0.3 is 20.3 Å². The summed E-state index contributed by atoms with van der Waals surface area (Å²) in [6.45, 7) is 4.29. The highest BCUT2D eigenvalue weighted by atomic mass is 16.5. The van der Waals surface area contributed by atoms with E-state index >= 15 is 0 Å². The van der Waals surface area contributed by atoms with Gasteiger partial charge in [0.05, 0.1) is 29.4 Å². The van der Waals surface area contributed by atoms with Gasteiger partial charge in [-0.3, -0.25) is 4.79 Å². The van der Waals surface area contributed by atoms with E-state index < -0.39 is 0 Å². The number of ether oxygens (including phenoxy) is 1. The lowest BCUT2D eigenvalue weighted by Gasteiger charge is -2.27. The Bertz CT molecular complexity index is 873. The largest absolute Gasteiger partial charge is 0.470 e. The van der Waals surface area contributed by atoms with Gasteiger partial charge in [-0.1, -0.05) is 19.1 Å². The molecule has 1 aliphatic heterocycles. The van der Waals surface area contributed by atoms with Crippen molar-refractivity contribution in [1.29, 1.82) is 5.26 Å². The summed E-state index contributed by atoms with van der Waals surface area (Å²) in [5, 5.41) is 15.6. The molecule has 0 bridgehead atoms. The number of aromatic nitrogens is 1. The molecule has 3 rings (SSSR count). The van der Waals surface area contributed by atoms with Gasteiger partial charge in [0.2, 0.25) is 5.88 Å². The Morgan fingerprint density at radius 1 is 1.43 bits per heavy atom. The number of nitriles is 1. The van der Waals surface area contributed by atoms with E-state index in [0.29, 0.717) is 36.0 Å². The third-order valence-electron chi connectivity index (χ3n) is 4.73. The van der Waals surface area contributed by atoms with Crippen molar-refractivity contribution in [2.45, 2.75) is 18.9 Å². The Balaban J connectivity index is 1.51. The van der Waals surface area contributed by atoms with Crippen molar-refractivity contribution in [3.63, 3.8) is 0 Å². The van der Waals surface area contributed by atoms with E-state index in [9.17, 15) is 4.79 Å². The number of benzene rings is 1. The minimum absolute atomic E-state index is 0.0384. The molecule has 2 aromatic rings. The first-order valence-corrected chi connectivity index (χ1v) is 9.31. The number of pyridine rings is 1. The molecule has 0 saturated carbocycles. The molecule has 7 heteroatoms. The van der Waals surface area contributed by atoms with Crippen molar-refractivity contribution in [2.24, 2.45) is 0 Å². The van der Waals surface area contributed by atoms with Crippen LogP contribution >= 0.6 is 0 Å². The number of nitrogens with one attached hydrogen (secondary N) is 2. The van der Waals surface area contributed by atoms with Crippen LogP contribution in [0.15, 0.2) is 36.5 Å². The Labute approximate surface area is 165 Å². The fraction of sp³-hybridized carbons (Fsp3) is 0.381. The highest BCUT2D eigenvalue weighted by Gasteiger charge is 2.22. The minimum Gasteiger partial charge on any atom is -0.470 e. The Morgan fingerprint density at radius 3 is 2.86 bits per heavy atom. The van der Waals surface area contributed by atoms with Crippen LogP contribution in [0.3, 0.4) is 0 Å². The van der Waals surface area contributed by atoms with Crippen molar-refractivity contribution < 1.29 is 9.53 Å². The standard InChI is InChI=1S/C21H25N5O2/c1-14(16-6-4-15(9-22)5-7-16)10-23-12-18-13-24-19-8-17(21(27)26(2)3)11-25-20(19)28-18/h4-8,11,14,18,23-24H,10,12-13H2,1-3H3. The molecule has 2 N–H and O–H groups in total. The van der Waals surface area contributed by atoms with Gasteiger partial charge in [0.15, 0.2) is 0 Å². The molecule has 7 nitrogen and oxygen atoms in total. The van der Waals surface area contributed by atoms with Gasteiger partial charge in [0, 0.05) is 33.4 Å². The van der Waals surface area contributed by atoms with Crippen molar-refractivity contribution in [3.8, 4) is 11.9 Å². The fourth-order valence-electron chi connectivity index (χ4n) is 3.05. The molecule has 0 radical (unpaired) electrons. The molecule has 1 aromatic carbocycles. The lowest BCUT2D eigenvalue weighted by molar-refractivity contribution is 0.0827. The first kappa shape index (κ1) is 19.6. The van der Waals surface area contributed by atoms with Crippen molar-refractivity contribution in [3.05, 3.63) is 53.2 Å². The molecule has 1 aliphatic rings. The number of amides is 1. The number of rotatable bonds is 6. The molecule has 2 atom stereocenters. The third kappa shape index (κ3) is 4.59. The zero-order valence-electron chi connectivity index (χ0n) is 16.4. The van der Waals surface area contributed by atoms with Crippen LogP contribution in [0.2, 0.25) is 0 Å². The molecule has 28 heavy (non-hydrogen) atoms. The summed E-state index contributed by atoms with van der Waals surface area (Å²) in [6.07, 6.45) is 1.51. The zero-order valence-corrected chi connectivity index (χ0v) is 16.4. The van der Waals surface area contributed by atoms with Gasteiger partial charge in [-0.15, -0.1) is 0 Å². The predicted octanol–water partition coefficient (Wildman–Crippen LogP) is 2.22. The van der Waals surface area contributed by atoms with Gasteiger partial charge in [0.1, 0.15) is 6.10 Å². The van der Waals surface area contributed by atoms with Crippen LogP contribution in [-0.4, -0.2) is 55.6 Å². The topological polar surface area (TPSA) is 90.3 Å². The number of nitrogens with zero attached hydrogens (tertiary/aromatic N) is 3. The summed E-state index contributed by atoms with van der Waals surface area (Å²) in [5.74, 6) is 0.764. The summed E-state index contributed by atoms with van der Waals surface area (Å²) < 4.78 is 5.95. The maximum atomic E-state index is 12.0. The third-order valence-corrected chi connectivity index (χ3v) is 4.73. The van der Waals surface area contributed by atoms with E-state index in [-0.39, 0.29) is 12.0 Å². The number of carbonyl (C=O) groups is 1. The molecule has 0 spiro atoms. The lowest BCUT2D eigenvalue weighted by Crippen LogP contribution is -2.40. The number of hydrogen-bond donors (Lipinski definition) is 2. The van der Waals surface area contributed by atoms with Crippen LogP contribution in [0.5, 0.6) is 5.88 Å². The van der Waals surface area contributed by atoms with Crippen LogP contribution in [-0.2, 0) is 0 Å². The molecule has 0 fully saturated rings. The highest BCUT2D eigenvalue weighted by molar-refractivity contribution is 5.94. The van der Waals surface area contributed by atoms with E-state index in [4.69, 9.17) is 10.00 Å². The minimum atomic E-state index is -0.0855. The Morgan fingerprint density at radius 2 is 2.18 bits per heavy atom. The fourth-order valence-corrected chi connectivity index (χ4v) is 3.05. The molecule has 0 saturated heterocycles. The van der Waals surface area contributed by atoms with Crippen molar-refractivity contribution >= 4 is 11.6 Å². The summed E-state index contributed by atoms with van der Waals surface area (Å²) in [6, 6.07) is 11.6. The van der Waals surface area contributed by atoms with Crippen LogP contribution in [0.1, 0.15) is 34.3 Å². The Kier molecular flexibility index (Phi) is 6.12. The summed E-state index contributed by atoms with van der Waals surface area (Å²) in [4.78, 5) is 17.9. The molecule has 1 aromatic heterocycles. The quantitative estimate of drug-likeness (QED) is 0.800. The van der Waals surface area contributed by atoms with Crippen LogP contribution in [0.4, 0.5) is 5.69 Å². The van der Waals surface area contributed by atoms with Crippen molar-refractivity contribution in [1.82, 2.24) is 15.2 Å². The van der Waals surface area contributed by atoms with Gasteiger partial charge in [-0.25, -0.2) is 4.98 Å². The average molecular weight is 379 g/mol. The normalized spacial score (nSPS) is 16.1. The summed E-state index contributed by atoms with van der Waals surface area (Å²) in [5.41, 5.74) is 3.15. The van der Waals surface area contributed by atoms with Crippen LogP contribution in [0, 0.1) is 11.3 Å². The molecule has 2 heterocycles. The second-order valence-corrected chi connectivity index (χ2v) is 7.19. The molecular weight excluding hydrogens is 354 g/mol. The predicted molar refractivity (Wildman–Crippen MR) is 108 cm³/mol. The first-order valence-electron chi connectivity index (χ1n) is 9.31. The van der Waals surface area contributed by atoms with E-state index in [1.807, 2.05) is 24.3 Å². The maximum Gasteiger partial charge on any atom is 0.254 e. The SMILES string of the molecule is CC(CNCC1CNc2cc(C(=O)N(C)C)cnc2O1)c1ccc(C#N)cc1. The smallest absolute Gasteiger partial charge is 0.254 e. The summed E-state index contributed by atoms with van der Waals surface area (Å²) in [7, 11) is 3.43. The number of fused-ring (bicyclic) bond motifs is 1. The Hall–Kier alpha value is -3.11. The van der Waals surface area contributed by atoms with E-state index in [1.54, 1.807) is 26.4 Å². The lowest BCUT2D eigenvalue weighted by atomic mass is 10.00. The van der Waals surface area contributed by atoms with E-state index in [2.05, 4.69) is 28.6 Å². The van der Waals surface area contributed by atoms with Crippen LogP contribution < -0.4 is 15.4 Å². The van der Waals surface area contributed by atoms with Crippen LogP contribution in [0.25, 0.3) is 0 Å².